The number of ether oxygens (including phenoxy) is 2. The van der Waals surface area contributed by atoms with E-state index in [0.717, 1.165) is 34.0 Å². The molecular formula is C27H23BrClNO4S. The van der Waals surface area contributed by atoms with Crippen molar-refractivity contribution in [2.75, 3.05) is 6.61 Å². The number of hydrogen-bond donors (Lipinski definition) is 0. The highest BCUT2D eigenvalue weighted by atomic mass is 79.9. The molecule has 1 aliphatic rings. The van der Waals surface area contributed by atoms with Crippen LogP contribution in [0, 0.1) is 6.92 Å². The Morgan fingerprint density at radius 3 is 2.51 bits per heavy atom. The minimum Gasteiger partial charge on any atom is -0.490 e. The topological polar surface area (TPSA) is 55.8 Å². The second-order valence-electron chi connectivity index (χ2n) is 7.94. The normalized spacial score (nSPS) is 14.6. The number of halogens is 2. The van der Waals surface area contributed by atoms with Crippen LogP contribution < -0.4 is 9.47 Å². The second kappa shape index (κ2) is 11.3. The number of carbonyl (C=O) groups is 2. The molecule has 0 aliphatic carbocycles. The van der Waals surface area contributed by atoms with E-state index in [1.54, 1.807) is 12.1 Å². The largest absolute Gasteiger partial charge is 0.490 e. The van der Waals surface area contributed by atoms with E-state index >= 15 is 0 Å². The SMILES string of the molecule is CCOc1cc(/C=C2\SC(=O)N(Cc3cccc(C)c3)C2=O)cc(Br)c1OCc1ccc(Cl)cc1. The standard InChI is InChI=1S/C27H23BrClNO4S/c1-3-33-23-13-20(12-22(28)25(23)34-16-18-7-9-21(29)10-8-18)14-24-26(31)30(27(32)35-24)15-19-6-4-5-17(2)11-19/h4-14H,3,15-16H2,1-2H3/b24-14-. The lowest BCUT2D eigenvalue weighted by atomic mass is 10.1. The summed E-state index contributed by atoms with van der Waals surface area (Å²) in [5, 5.41) is 0.382. The fourth-order valence-corrected chi connectivity index (χ4v) is 5.13. The van der Waals surface area contributed by atoms with Crippen molar-refractivity contribution >= 4 is 56.5 Å². The van der Waals surface area contributed by atoms with Crippen LogP contribution in [0.3, 0.4) is 0 Å². The average molecular weight is 573 g/mol. The fraction of sp³-hybridized carbons (Fsp3) is 0.185. The second-order valence-corrected chi connectivity index (χ2v) is 10.2. The number of rotatable bonds is 8. The molecule has 0 N–H and O–H groups in total. The number of carbonyl (C=O) groups excluding carboxylic acids is 2. The smallest absolute Gasteiger partial charge is 0.293 e. The van der Waals surface area contributed by atoms with Gasteiger partial charge in [-0.15, -0.1) is 0 Å². The number of aryl methyl sites for hydroxylation is 1. The number of nitrogens with zero attached hydrogens (tertiary/aromatic N) is 1. The summed E-state index contributed by atoms with van der Waals surface area (Å²) < 4.78 is 12.5. The lowest BCUT2D eigenvalue weighted by molar-refractivity contribution is -0.123. The van der Waals surface area contributed by atoms with Crippen LogP contribution in [-0.2, 0) is 17.9 Å². The third-order valence-corrected chi connectivity index (χ3v) is 6.97. The molecule has 180 valence electrons. The van der Waals surface area contributed by atoms with Crippen LogP contribution in [0.25, 0.3) is 6.08 Å². The molecule has 35 heavy (non-hydrogen) atoms. The van der Waals surface area contributed by atoms with E-state index in [4.69, 9.17) is 21.1 Å². The molecule has 1 heterocycles. The van der Waals surface area contributed by atoms with Crippen LogP contribution in [0.2, 0.25) is 5.02 Å². The lowest BCUT2D eigenvalue weighted by Gasteiger charge is -2.15. The van der Waals surface area contributed by atoms with Crippen LogP contribution in [0.5, 0.6) is 11.5 Å². The van der Waals surface area contributed by atoms with Crippen molar-refractivity contribution in [2.24, 2.45) is 0 Å². The van der Waals surface area contributed by atoms with Gasteiger partial charge in [-0.05, 0) is 88.6 Å². The monoisotopic (exact) mass is 571 g/mol. The van der Waals surface area contributed by atoms with E-state index < -0.39 is 0 Å². The third-order valence-electron chi connectivity index (χ3n) is 5.22. The lowest BCUT2D eigenvalue weighted by Crippen LogP contribution is -2.27. The van der Waals surface area contributed by atoms with Gasteiger partial charge in [0.25, 0.3) is 11.1 Å². The van der Waals surface area contributed by atoms with Gasteiger partial charge in [0.05, 0.1) is 22.5 Å². The third kappa shape index (κ3) is 6.28. The van der Waals surface area contributed by atoms with Crippen LogP contribution in [0.4, 0.5) is 4.79 Å². The summed E-state index contributed by atoms with van der Waals surface area (Å²) in [6.45, 7) is 4.90. The Hall–Kier alpha value is -2.74. The molecule has 3 aromatic rings. The van der Waals surface area contributed by atoms with Crippen molar-refractivity contribution in [3.8, 4) is 11.5 Å². The van der Waals surface area contributed by atoms with E-state index in [1.807, 2.05) is 68.4 Å². The summed E-state index contributed by atoms with van der Waals surface area (Å²) in [7, 11) is 0. The minimum absolute atomic E-state index is 0.245. The van der Waals surface area contributed by atoms with Crippen LogP contribution in [0.15, 0.2) is 70.0 Å². The molecule has 3 aromatic carbocycles. The summed E-state index contributed by atoms with van der Waals surface area (Å²) >= 11 is 10.5. The Kier molecular flexibility index (Phi) is 8.21. The van der Waals surface area contributed by atoms with Gasteiger partial charge in [0.15, 0.2) is 11.5 Å². The van der Waals surface area contributed by atoms with Crippen molar-refractivity contribution in [1.82, 2.24) is 4.90 Å². The summed E-state index contributed by atoms with van der Waals surface area (Å²) in [6.07, 6.45) is 1.71. The Bertz CT molecular complexity index is 1290. The maximum absolute atomic E-state index is 13.0. The Balaban J connectivity index is 1.55. The maximum Gasteiger partial charge on any atom is 0.293 e. The Morgan fingerprint density at radius 2 is 1.80 bits per heavy atom. The number of imide groups is 1. The molecule has 0 spiro atoms. The van der Waals surface area contributed by atoms with E-state index in [0.29, 0.717) is 39.1 Å². The first kappa shape index (κ1) is 25.4. The van der Waals surface area contributed by atoms with Gasteiger partial charge in [-0.25, -0.2) is 0 Å². The minimum atomic E-state index is -0.307. The van der Waals surface area contributed by atoms with Gasteiger partial charge in [0, 0.05) is 5.02 Å². The first-order valence-electron chi connectivity index (χ1n) is 11.0. The van der Waals surface area contributed by atoms with Crippen LogP contribution in [0.1, 0.15) is 29.2 Å². The zero-order chi connectivity index (χ0) is 24.9. The average Bonchev–Trinajstić information content (AvgIpc) is 3.07. The van der Waals surface area contributed by atoms with Gasteiger partial charge in [-0.3, -0.25) is 14.5 Å². The highest BCUT2D eigenvalue weighted by Gasteiger charge is 2.35. The molecular weight excluding hydrogens is 550 g/mol. The fourth-order valence-electron chi connectivity index (χ4n) is 3.59. The predicted octanol–water partition coefficient (Wildman–Crippen LogP) is 7.63. The summed E-state index contributed by atoms with van der Waals surface area (Å²) in [6, 6.07) is 18.9. The van der Waals surface area contributed by atoms with E-state index in [2.05, 4.69) is 15.9 Å². The van der Waals surface area contributed by atoms with Crippen molar-refractivity contribution in [1.29, 1.82) is 0 Å². The predicted molar refractivity (Wildman–Crippen MR) is 144 cm³/mol. The molecule has 0 radical (unpaired) electrons. The molecule has 0 saturated carbocycles. The van der Waals surface area contributed by atoms with E-state index in [9.17, 15) is 9.59 Å². The molecule has 5 nitrogen and oxygen atoms in total. The van der Waals surface area contributed by atoms with Crippen LogP contribution in [-0.4, -0.2) is 22.7 Å². The highest BCUT2D eigenvalue weighted by molar-refractivity contribution is 9.10. The van der Waals surface area contributed by atoms with E-state index in [-0.39, 0.29) is 17.7 Å². The zero-order valence-electron chi connectivity index (χ0n) is 19.2. The molecule has 0 aromatic heterocycles. The summed E-state index contributed by atoms with van der Waals surface area (Å²) in [4.78, 5) is 27.2. The number of amides is 2. The number of benzene rings is 3. The van der Waals surface area contributed by atoms with E-state index in [1.165, 1.54) is 4.90 Å². The van der Waals surface area contributed by atoms with Gasteiger partial charge < -0.3 is 9.47 Å². The van der Waals surface area contributed by atoms with Crippen molar-refractivity contribution in [3.05, 3.63) is 97.3 Å². The molecule has 0 unspecified atom stereocenters. The van der Waals surface area contributed by atoms with Crippen molar-refractivity contribution in [2.45, 2.75) is 27.0 Å². The van der Waals surface area contributed by atoms with Crippen molar-refractivity contribution in [3.63, 3.8) is 0 Å². The summed E-state index contributed by atoms with van der Waals surface area (Å²) in [5.74, 6) is 0.797. The van der Waals surface area contributed by atoms with Gasteiger partial charge in [-0.2, -0.15) is 0 Å². The molecule has 1 fully saturated rings. The Morgan fingerprint density at radius 1 is 1.03 bits per heavy atom. The van der Waals surface area contributed by atoms with Gasteiger partial charge >= 0.3 is 0 Å². The van der Waals surface area contributed by atoms with Gasteiger partial charge in [0.2, 0.25) is 0 Å². The number of thioether (sulfide) groups is 1. The number of hydrogen-bond acceptors (Lipinski definition) is 5. The zero-order valence-corrected chi connectivity index (χ0v) is 22.4. The van der Waals surface area contributed by atoms with Crippen molar-refractivity contribution < 1.29 is 19.1 Å². The molecule has 4 rings (SSSR count). The highest BCUT2D eigenvalue weighted by Crippen LogP contribution is 2.40. The molecule has 2 amide bonds. The molecule has 1 aliphatic heterocycles. The first-order chi connectivity index (χ1) is 16.8. The molecule has 8 heteroatoms. The Labute approximate surface area is 222 Å². The molecule has 0 bridgehead atoms. The van der Waals surface area contributed by atoms with Gasteiger partial charge in [0.1, 0.15) is 6.61 Å². The first-order valence-corrected chi connectivity index (χ1v) is 13.0. The maximum atomic E-state index is 13.0. The quantitative estimate of drug-likeness (QED) is 0.260. The summed E-state index contributed by atoms with van der Waals surface area (Å²) in [5.41, 5.74) is 3.68. The molecule has 1 saturated heterocycles. The van der Waals surface area contributed by atoms with Gasteiger partial charge in [-0.1, -0.05) is 53.6 Å². The van der Waals surface area contributed by atoms with Crippen LogP contribution >= 0.6 is 39.3 Å². The molecule has 0 atom stereocenters.